The van der Waals surface area contributed by atoms with Crippen molar-refractivity contribution in [2.24, 2.45) is 5.92 Å². The van der Waals surface area contributed by atoms with Crippen molar-refractivity contribution in [2.45, 2.75) is 19.1 Å². The Labute approximate surface area is 68.1 Å². The molecule has 1 heterocycles. The van der Waals surface area contributed by atoms with Gasteiger partial charge in [0.25, 0.3) is 0 Å². The van der Waals surface area contributed by atoms with E-state index in [-0.39, 0.29) is 11.2 Å². The van der Waals surface area contributed by atoms with Crippen LogP contribution in [0, 0.1) is 5.92 Å². The molecule has 0 aromatic heterocycles. The van der Waals surface area contributed by atoms with Crippen molar-refractivity contribution >= 4 is 9.84 Å². The molecule has 1 rings (SSSR count). The normalized spacial score (nSPS) is 38.0. The van der Waals surface area contributed by atoms with Crippen molar-refractivity contribution in [3.8, 4) is 0 Å². The minimum atomic E-state index is -2.81. The number of hydrogen-bond donors (Lipinski definition) is 1. The lowest BCUT2D eigenvalue weighted by Crippen LogP contribution is -2.27. The molecule has 66 valence electrons. The zero-order valence-electron chi connectivity index (χ0n) is 7.00. The summed E-state index contributed by atoms with van der Waals surface area (Å²) in [6, 6.07) is 0. The van der Waals surface area contributed by atoms with Gasteiger partial charge in [0.15, 0.2) is 9.84 Å². The highest BCUT2D eigenvalue weighted by atomic mass is 32.2. The molecule has 1 saturated heterocycles. The van der Waals surface area contributed by atoms with Gasteiger partial charge in [0, 0.05) is 6.54 Å². The molecule has 0 aromatic carbocycles. The van der Waals surface area contributed by atoms with Gasteiger partial charge >= 0.3 is 0 Å². The first-order valence-electron chi connectivity index (χ1n) is 3.94. The number of hydrogen-bond acceptors (Lipinski definition) is 3. The van der Waals surface area contributed by atoms with Crippen LogP contribution < -0.4 is 5.32 Å². The lowest BCUT2D eigenvalue weighted by Gasteiger charge is -2.07. The molecule has 0 spiro atoms. The molecule has 4 heteroatoms. The van der Waals surface area contributed by atoms with Crippen molar-refractivity contribution < 1.29 is 8.42 Å². The van der Waals surface area contributed by atoms with Crippen LogP contribution in [0.4, 0.5) is 0 Å². The van der Waals surface area contributed by atoms with E-state index in [1.807, 2.05) is 6.92 Å². The fraction of sp³-hybridized carbons (Fsp3) is 1.00. The Balaban J connectivity index is 2.77. The zero-order valence-corrected chi connectivity index (χ0v) is 7.82. The second-order valence-electron chi connectivity index (χ2n) is 3.40. The van der Waals surface area contributed by atoms with Crippen molar-refractivity contribution in [3.05, 3.63) is 0 Å². The van der Waals surface area contributed by atoms with Crippen molar-refractivity contribution in [2.75, 3.05) is 18.8 Å². The van der Waals surface area contributed by atoms with Crippen LogP contribution in [0.1, 0.15) is 13.8 Å². The van der Waals surface area contributed by atoms with E-state index in [2.05, 4.69) is 5.32 Å². The van der Waals surface area contributed by atoms with E-state index >= 15 is 0 Å². The maximum atomic E-state index is 11.4. The van der Waals surface area contributed by atoms with Gasteiger partial charge in [-0.25, -0.2) is 8.42 Å². The lowest BCUT2D eigenvalue weighted by atomic mass is 10.2. The quantitative estimate of drug-likeness (QED) is 0.568. The van der Waals surface area contributed by atoms with Crippen molar-refractivity contribution in [3.63, 3.8) is 0 Å². The Hall–Kier alpha value is -0.0900. The molecular weight excluding hydrogens is 162 g/mol. The second kappa shape index (κ2) is 3.11. The van der Waals surface area contributed by atoms with Crippen LogP contribution in [0.3, 0.4) is 0 Å². The highest BCUT2D eigenvalue weighted by Gasteiger charge is 2.25. The third-order valence-corrected chi connectivity index (χ3v) is 4.48. The summed E-state index contributed by atoms with van der Waals surface area (Å²) >= 11 is 0. The minimum Gasteiger partial charge on any atom is -0.315 e. The minimum absolute atomic E-state index is 0.215. The smallest absolute Gasteiger partial charge is 0.154 e. The molecule has 0 aliphatic carbocycles. The number of nitrogens with one attached hydrogen (secondary N) is 1. The number of sulfone groups is 1. The predicted octanol–water partition coefficient (Wildman–Crippen LogP) is 0.0290. The first-order chi connectivity index (χ1) is 5.02. The molecule has 11 heavy (non-hydrogen) atoms. The van der Waals surface area contributed by atoms with E-state index < -0.39 is 9.84 Å². The van der Waals surface area contributed by atoms with Gasteiger partial charge in [-0.3, -0.25) is 0 Å². The average Bonchev–Trinajstić information content (AvgIpc) is 1.93. The topological polar surface area (TPSA) is 46.2 Å². The van der Waals surface area contributed by atoms with E-state index in [0.717, 1.165) is 6.54 Å². The van der Waals surface area contributed by atoms with Gasteiger partial charge in [0.2, 0.25) is 0 Å². The van der Waals surface area contributed by atoms with Crippen LogP contribution in [0.2, 0.25) is 0 Å². The second-order valence-corrected chi connectivity index (χ2v) is 5.87. The summed E-state index contributed by atoms with van der Waals surface area (Å²) in [4.78, 5) is 0. The Morgan fingerprint density at radius 3 is 2.55 bits per heavy atom. The molecule has 1 aliphatic rings. The summed E-state index contributed by atoms with van der Waals surface area (Å²) in [6.07, 6.45) is 0. The highest BCUT2D eigenvalue weighted by molar-refractivity contribution is 7.92. The van der Waals surface area contributed by atoms with Gasteiger partial charge in [-0.2, -0.15) is 0 Å². The van der Waals surface area contributed by atoms with Gasteiger partial charge in [0.1, 0.15) is 0 Å². The van der Waals surface area contributed by atoms with E-state index in [4.69, 9.17) is 0 Å². The molecular formula is C7H15NO2S. The van der Waals surface area contributed by atoms with Crippen molar-refractivity contribution in [1.82, 2.24) is 5.32 Å². The molecule has 0 amide bonds. The largest absolute Gasteiger partial charge is 0.315 e. The molecule has 1 aliphatic heterocycles. The van der Waals surface area contributed by atoms with Crippen LogP contribution in [-0.4, -0.2) is 32.5 Å². The molecule has 1 fully saturated rings. The molecule has 0 saturated carbocycles. The van der Waals surface area contributed by atoms with Gasteiger partial charge in [-0.15, -0.1) is 0 Å². The van der Waals surface area contributed by atoms with Crippen LogP contribution >= 0.6 is 0 Å². The summed E-state index contributed by atoms with van der Waals surface area (Å²) in [7, 11) is -2.81. The van der Waals surface area contributed by atoms with Gasteiger partial charge in [0.05, 0.1) is 11.0 Å². The van der Waals surface area contributed by atoms with E-state index in [1.165, 1.54) is 0 Å². The molecule has 0 aromatic rings. The SMILES string of the molecule is CC1CNCC(C)S(=O)(=O)C1. The van der Waals surface area contributed by atoms with Crippen LogP contribution in [0.15, 0.2) is 0 Å². The van der Waals surface area contributed by atoms with Crippen LogP contribution in [-0.2, 0) is 9.84 Å². The van der Waals surface area contributed by atoms with Gasteiger partial charge < -0.3 is 5.32 Å². The third-order valence-electron chi connectivity index (χ3n) is 2.05. The predicted molar refractivity (Wildman–Crippen MR) is 45.3 cm³/mol. The first kappa shape index (κ1) is 9.00. The summed E-state index contributed by atoms with van der Waals surface area (Å²) < 4.78 is 22.7. The molecule has 0 bridgehead atoms. The molecule has 0 radical (unpaired) electrons. The monoisotopic (exact) mass is 177 g/mol. The maximum absolute atomic E-state index is 11.4. The highest BCUT2D eigenvalue weighted by Crippen LogP contribution is 2.10. The Bertz CT molecular complexity index is 223. The zero-order chi connectivity index (χ0) is 8.48. The third kappa shape index (κ3) is 2.17. The van der Waals surface area contributed by atoms with E-state index in [1.54, 1.807) is 6.92 Å². The molecule has 1 N–H and O–H groups in total. The Morgan fingerprint density at radius 2 is 1.91 bits per heavy atom. The van der Waals surface area contributed by atoms with E-state index in [9.17, 15) is 8.42 Å². The van der Waals surface area contributed by atoms with E-state index in [0.29, 0.717) is 12.3 Å². The van der Waals surface area contributed by atoms with Gasteiger partial charge in [-0.05, 0) is 19.4 Å². The lowest BCUT2D eigenvalue weighted by molar-refractivity contribution is 0.568. The number of rotatable bonds is 0. The molecule has 3 nitrogen and oxygen atoms in total. The Morgan fingerprint density at radius 1 is 1.27 bits per heavy atom. The Kier molecular flexibility index (Phi) is 2.54. The average molecular weight is 177 g/mol. The van der Waals surface area contributed by atoms with Crippen molar-refractivity contribution in [1.29, 1.82) is 0 Å². The maximum Gasteiger partial charge on any atom is 0.154 e. The summed E-state index contributed by atoms with van der Waals surface area (Å²) in [5, 5.41) is 2.91. The molecule has 2 atom stereocenters. The van der Waals surface area contributed by atoms with Crippen LogP contribution in [0.25, 0.3) is 0 Å². The first-order valence-corrected chi connectivity index (χ1v) is 5.66. The summed E-state index contributed by atoms with van der Waals surface area (Å²) in [5.41, 5.74) is 0. The molecule has 2 unspecified atom stereocenters. The standard InChI is InChI=1S/C7H15NO2S/c1-6-3-8-4-7(2)11(9,10)5-6/h6-8H,3-5H2,1-2H3. The summed E-state index contributed by atoms with van der Waals surface area (Å²) in [5.74, 6) is 0.589. The van der Waals surface area contributed by atoms with Crippen LogP contribution in [0.5, 0.6) is 0 Å². The van der Waals surface area contributed by atoms with Gasteiger partial charge in [-0.1, -0.05) is 6.92 Å². The summed E-state index contributed by atoms with van der Waals surface area (Å²) in [6.45, 7) is 5.15. The fourth-order valence-electron chi connectivity index (χ4n) is 1.28. The fourth-order valence-corrected chi connectivity index (χ4v) is 2.89.